The molecule has 0 aromatic heterocycles. The van der Waals surface area contributed by atoms with E-state index in [9.17, 15) is 0 Å². The highest BCUT2D eigenvalue weighted by molar-refractivity contribution is 5.26. The molecule has 4 rings (SSSR count). The first-order valence-corrected chi connectivity index (χ1v) is 10.4. The molecule has 30 heavy (non-hydrogen) atoms. The van der Waals surface area contributed by atoms with Gasteiger partial charge in [-0.1, -0.05) is 42.5 Å². The second-order valence-electron chi connectivity index (χ2n) is 7.74. The van der Waals surface area contributed by atoms with Crippen molar-refractivity contribution in [1.82, 2.24) is 0 Å². The summed E-state index contributed by atoms with van der Waals surface area (Å²) in [5.41, 5.74) is 2.24. The number of hydrogen-bond acceptors (Lipinski definition) is 6. The van der Waals surface area contributed by atoms with Crippen LogP contribution in [0.1, 0.15) is 24.0 Å². The molecule has 0 aliphatic carbocycles. The van der Waals surface area contributed by atoms with Gasteiger partial charge in [-0.15, -0.1) is 0 Å². The maximum absolute atomic E-state index is 6.20. The van der Waals surface area contributed by atoms with Gasteiger partial charge in [0.1, 0.15) is 5.75 Å². The highest BCUT2D eigenvalue weighted by Gasteiger charge is 2.46. The number of benzene rings is 2. The predicted molar refractivity (Wildman–Crippen MR) is 111 cm³/mol. The van der Waals surface area contributed by atoms with E-state index in [1.165, 1.54) is 0 Å². The van der Waals surface area contributed by atoms with Crippen LogP contribution in [-0.4, -0.2) is 45.6 Å². The zero-order chi connectivity index (χ0) is 20.8. The molecule has 6 heteroatoms. The third-order valence-electron chi connectivity index (χ3n) is 5.75. The number of fused-ring (bicyclic) bond motifs is 1. The van der Waals surface area contributed by atoms with Gasteiger partial charge in [0, 0.05) is 25.9 Å². The minimum atomic E-state index is -0.281. The van der Waals surface area contributed by atoms with Gasteiger partial charge in [0.2, 0.25) is 0 Å². The van der Waals surface area contributed by atoms with Crippen LogP contribution in [0.5, 0.6) is 5.75 Å². The van der Waals surface area contributed by atoms with Crippen molar-refractivity contribution in [2.75, 3.05) is 20.8 Å². The number of rotatable bonds is 9. The van der Waals surface area contributed by atoms with Gasteiger partial charge in [-0.25, -0.2) is 0 Å². The van der Waals surface area contributed by atoms with Gasteiger partial charge in [0.25, 0.3) is 0 Å². The highest BCUT2D eigenvalue weighted by atomic mass is 16.7. The minimum absolute atomic E-state index is 0.0508. The van der Waals surface area contributed by atoms with Gasteiger partial charge in [-0.2, -0.15) is 0 Å². The summed E-state index contributed by atoms with van der Waals surface area (Å²) in [4.78, 5) is 0. The lowest BCUT2D eigenvalue weighted by atomic mass is 9.90. The van der Waals surface area contributed by atoms with Gasteiger partial charge in [-0.05, 0) is 23.3 Å². The molecule has 0 saturated carbocycles. The number of ether oxygens (including phenoxy) is 6. The van der Waals surface area contributed by atoms with Gasteiger partial charge in [0.05, 0.1) is 39.1 Å². The average Bonchev–Trinajstić information content (AvgIpc) is 3.22. The van der Waals surface area contributed by atoms with E-state index in [0.29, 0.717) is 26.2 Å². The van der Waals surface area contributed by atoms with Crippen molar-refractivity contribution in [2.24, 2.45) is 5.92 Å². The van der Waals surface area contributed by atoms with Crippen LogP contribution in [0.15, 0.2) is 54.6 Å². The van der Waals surface area contributed by atoms with E-state index < -0.39 is 0 Å². The average molecular weight is 414 g/mol. The molecule has 2 heterocycles. The molecule has 6 nitrogen and oxygen atoms in total. The fourth-order valence-electron chi connectivity index (χ4n) is 4.09. The first kappa shape index (κ1) is 21.3. The van der Waals surface area contributed by atoms with Crippen molar-refractivity contribution in [2.45, 2.75) is 50.8 Å². The van der Waals surface area contributed by atoms with Crippen LogP contribution in [0, 0.1) is 5.92 Å². The summed E-state index contributed by atoms with van der Waals surface area (Å²) in [7, 11) is 3.33. The lowest BCUT2D eigenvalue weighted by Gasteiger charge is -2.36. The lowest BCUT2D eigenvalue weighted by molar-refractivity contribution is -0.236. The Hall–Kier alpha value is -1.96. The van der Waals surface area contributed by atoms with Gasteiger partial charge >= 0.3 is 0 Å². The number of hydrogen-bond donors (Lipinski definition) is 0. The molecule has 2 aliphatic rings. The van der Waals surface area contributed by atoms with Crippen molar-refractivity contribution in [3.63, 3.8) is 0 Å². The Bertz CT molecular complexity index is 765. The van der Waals surface area contributed by atoms with E-state index in [1.807, 2.05) is 42.5 Å². The Balaban J connectivity index is 1.30. The van der Waals surface area contributed by atoms with Crippen LogP contribution < -0.4 is 4.74 Å². The van der Waals surface area contributed by atoms with E-state index in [-0.39, 0.29) is 30.7 Å². The third kappa shape index (κ3) is 5.39. The first-order valence-electron chi connectivity index (χ1n) is 10.4. The Kier molecular flexibility index (Phi) is 7.36. The van der Waals surface area contributed by atoms with Gasteiger partial charge < -0.3 is 28.4 Å². The van der Waals surface area contributed by atoms with E-state index >= 15 is 0 Å². The zero-order valence-electron chi connectivity index (χ0n) is 17.6. The molecular formula is C24H30O6. The molecule has 0 amide bonds. The van der Waals surface area contributed by atoms with Crippen LogP contribution in [0.2, 0.25) is 0 Å². The summed E-state index contributed by atoms with van der Waals surface area (Å²) >= 11 is 0. The highest BCUT2D eigenvalue weighted by Crippen LogP contribution is 2.39. The molecule has 2 unspecified atom stereocenters. The second-order valence-corrected chi connectivity index (χ2v) is 7.74. The fraction of sp³-hybridized carbons (Fsp3) is 0.500. The summed E-state index contributed by atoms with van der Waals surface area (Å²) in [6.07, 6.45) is 0.937. The van der Waals surface area contributed by atoms with E-state index in [0.717, 1.165) is 23.3 Å². The molecule has 0 bridgehead atoms. The third-order valence-corrected chi connectivity index (χ3v) is 5.75. The van der Waals surface area contributed by atoms with Crippen LogP contribution in [0.3, 0.4) is 0 Å². The van der Waals surface area contributed by atoms with E-state index in [4.69, 9.17) is 28.4 Å². The first-order chi connectivity index (χ1) is 14.7. The van der Waals surface area contributed by atoms with Crippen molar-refractivity contribution in [3.8, 4) is 5.75 Å². The molecule has 0 spiro atoms. The van der Waals surface area contributed by atoms with Crippen molar-refractivity contribution in [1.29, 1.82) is 0 Å². The molecule has 5 atom stereocenters. The maximum Gasteiger partial charge on any atom is 0.160 e. The summed E-state index contributed by atoms with van der Waals surface area (Å²) < 4.78 is 35.0. The topological polar surface area (TPSA) is 55.4 Å². The van der Waals surface area contributed by atoms with E-state index in [1.54, 1.807) is 14.2 Å². The van der Waals surface area contributed by atoms with E-state index in [2.05, 4.69) is 12.1 Å². The van der Waals surface area contributed by atoms with Crippen molar-refractivity contribution in [3.05, 3.63) is 65.7 Å². The second kappa shape index (κ2) is 10.4. The van der Waals surface area contributed by atoms with Crippen LogP contribution in [0.25, 0.3) is 0 Å². The SMILES string of the molecule is COc1ccc(COC2C[C@@H]3[C@H](COCc4ccccc4)OC(OC)C[C@@H]3O2)cc1. The Labute approximate surface area is 178 Å². The smallest absolute Gasteiger partial charge is 0.160 e. The van der Waals surface area contributed by atoms with Gasteiger partial charge in [-0.3, -0.25) is 0 Å². The fourth-order valence-corrected chi connectivity index (χ4v) is 4.09. The molecule has 2 saturated heterocycles. The Morgan fingerprint density at radius 2 is 1.60 bits per heavy atom. The largest absolute Gasteiger partial charge is 0.497 e. The molecule has 2 aliphatic heterocycles. The molecule has 2 fully saturated rings. The summed E-state index contributed by atoms with van der Waals surface area (Å²) in [5, 5.41) is 0. The minimum Gasteiger partial charge on any atom is -0.497 e. The predicted octanol–water partition coefficient (Wildman–Crippen LogP) is 3.92. The lowest BCUT2D eigenvalue weighted by Crippen LogP contribution is -2.45. The monoisotopic (exact) mass is 414 g/mol. The maximum atomic E-state index is 6.20. The normalized spacial score (nSPS) is 28.3. The van der Waals surface area contributed by atoms with Crippen LogP contribution in [-0.2, 0) is 36.9 Å². The molecule has 0 radical (unpaired) electrons. The van der Waals surface area contributed by atoms with Crippen molar-refractivity contribution >= 4 is 0 Å². The summed E-state index contributed by atoms with van der Waals surface area (Å²) in [6, 6.07) is 18.0. The Morgan fingerprint density at radius 3 is 2.33 bits per heavy atom. The molecule has 0 N–H and O–H groups in total. The van der Waals surface area contributed by atoms with Crippen molar-refractivity contribution < 1.29 is 28.4 Å². The number of methoxy groups -OCH3 is 2. The quantitative estimate of drug-likeness (QED) is 0.620. The molecular weight excluding hydrogens is 384 g/mol. The summed E-state index contributed by atoms with van der Waals surface area (Å²) in [6.45, 7) is 1.57. The Morgan fingerprint density at radius 1 is 0.833 bits per heavy atom. The van der Waals surface area contributed by atoms with Crippen LogP contribution >= 0.6 is 0 Å². The zero-order valence-corrected chi connectivity index (χ0v) is 17.6. The van der Waals surface area contributed by atoms with Crippen LogP contribution in [0.4, 0.5) is 0 Å². The van der Waals surface area contributed by atoms with Gasteiger partial charge in [0.15, 0.2) is 12.6 Å². The molecule has 2 aromatic rings. The molecule has 162 valence electrons. The molecule has 2 aromatic carbocycles. The standard InChI is InChI=1S/C24H30O6/c1-25-19-10-8-18(9-11-19)15-28-24-12-20-21(29-24)13-23(26-2)30-22(20)16-27-14-17-6-4-3-5-7-17/h3-11,20-24H,12-16H2,1-2H3/t20-,21-,22-,23?,24?/m0/s1. The summed E-state index contributed by atoms with van der Waals surface area (Å²) in [5.74, 6) is 1.07.